The van der Waals surface area contributed by atoms with Crippen molar-refractivity contribution in [2.75, 3.05) is 18.4 Å². The molecule has 1 heterocycles. The van der Waals surface area contributed by atoms with Crippen molar-refractivity contribution in [1.29, 1.82) is 0 Å². The Labute approximate surface area is 100.0 Å². The maximum atomic E-state index is 5.91. The molecule has 1 atom stereocenters. The van der Waals surface area contributed by atoms with E-state index in [0.29, 0.717) is 16.1 Å². The molecule has 0 radical (unpaired) electrons. The Kier molecular flexibility index (Phi) is 3.73. The third-order valence-corrected chi connectivity index (χ3v) is 3.01. The maximum absolute atomic E-state index is 5.91. The van der Waals surface area contributed by atoms with Gasteiger partial charge in [-0.2, -0.15) is 0 Å². The predicted molar refractivity (Wildman–Crippen MR) is 66.0 cm³/mol. The van der Waals surface area contributed by atoms with Crippen LogP contribution in [0, 0.1) is 0 Å². The third kappa shape index (κ3) is 3.26. The van der Waals surface area contributed by atoms with E-state index in [1.807, 2.05) is 12.1 Å². The zero-order valence-electron chi connectivity index (χ0n) is 8.39. The van der Waals surface area contributed by atoms with Crippen LogP contribution in [0.3, 0.4) is 0 Å². The van der Waals surface area contributed by atoms with Gasteiger partial charge in [0.1, 0.15) is 0 Å². The molecular formula is C11H14Cl2N2. The van der Waals surface area contributed by atoms with Gasteiger partial charge in [-0.05, 0) is 37.6 Å². The first-order valence-electron chi connectivity index (χ1n) is 5.17. The van der Waals surface area contributed by atoms with Gasteiger partial charge >= 0.3 is 0 Å². The highest BCUT2D eigenvalue weighted by atomic mass is 35.5. The minimum atomic E-state index is 0.572. The van der Waals surface area contributed by atoms with Crippen LogP contribution in [-0.4, -0.2) is 19.1 Å². The fraction of sp³-hybridized carbons (Fsp3) is 0.455. The zero-order chi connectivity index (χ0) is 10.7. The van der Waals surface area contributed by atoms with Crippen molar-refractivity contribution < 1.29 is 0 Å². The molecule has 0 unspecified atom stereocenters. The van der Waals surface area contributed by atoms with Gasteiger partial charge in [-0.15, -0.1) is 0 Å². The first kappa shape index (κ1) is 11.1. The van der Waals surface area contributed by atoms with Crippen molar-refractivity contribution in [3.05, 3.63) is 28.2 Å². The first-order valence-corrected chi connectivity index (χ1v) is 5.93. The Balaban J connectivity index is 1.92. The summed E-state index contributed by atoms with van der Waals surface area (Å²) in [6.07, 6.45) is 2.50. The minimum Gasteiger partial charge on any atom is -0.383 e. The molecule has 1 aromatic rings. The van der Waals surface area contributed by atoms with Gasteiger partial charge in [0.2, 0.25) is 0 Å². The number of rotatable bonds is 3. The second kappa shape index (κ2) is 5.06. The van der Waals surface area contributed by atoms with Gasteiger partial charge in [0.15, 0.2) is 0 Å². The van der Waals surface area contributed by atoms with Gasteiger partial charge in [-0.25, -0.2) is 0 Å². The molecule has 1 fully saturated rings. The second-order valence-corrected chi connectivity index (χ2v) is 4.71. The van der Waals surface area contributed by atoms with E-state index in [4.69, 9.17) is 23.2 Å². The summed E-state index contributed by atoms with van der Waals surface area (Å²) < 4.78 is 0. The van der Waals surface area contributed by atoms with Crippen molar-refractivity contribution in [3.63, 3.8) is 0 Å². The predicted octanol–water partition coefficient (Wildman–Crippen LogP) is 3.16. The number of nitrogens with one attached hydrogen (secondary N) is 2. The van der Waals surface area contributed by atoms with Crippen LogP contribution < -0.4 is 10.6 Å². The fourth-order valence-corrected chi connectivity index (χ4v) is 2.35. The van der Waals surface area contributed by atoms with E-state index in [0.717, 1.165) is 18.8 Å². The van der Waals surface area contributed by atoms with E-state index >= 15 is 0 Å². The van der Waals surface area contributed by atoms with Crippen LogP contribution in [0.2, 0.25) is 10.0 Å². The highest BCUT2D eigenvalue weighted by Crippen LogP contribution is 2.22. The molecule has 4 heteroatoms. The highest BCUT2D eigenvalue weighted by molar-refractivity contribution is 6.35. The van der Waals surface area contributed by atoms with Gasteiger partial charge in [0.05, 0.1) is 0 Å². The normalized spacial score (nSPS) is 20.5. The minimum absolute atomic E-state index is 0.572. The molecule has 1 aliphatic rings. The largest absolute Gasteiger partial charge is 0.383 e. The van der Waals surface area contributed by atoms with Crippen LogP contribution in [0.1, 0.15) is 12.8 Å². The van der Waals surface area contributed by atoms with Gasteiger partial charge in [0.25, 0.3) is 0 Å². The zero-order valence-corrected chi connectivity index (χ0v) is 9.91. The summed E-state index contributed by atoms with van der Waals surface area (Å²) in [6, 6.07) is 6.09. The lowest BCUT2D eigenvalue weighted by Gasteiger charge is -2.12. The van der Waals surface area contributed by atoms with Crippen molar-refractivity contribution in [3.8, 4) is 0 Å². The van der Waals surface area contributed by atoms with Gasteiger partial charge in [-0.3, -0.25) is 0 Å². The number of hydrogen-bond acceptors (Lipinski definition) is 2. The molecule has 0 amide bonds. The summed E-state index contributed by atoms with van der Waals surface area (Å²) >= 11 is 11.8. The molecule has 1 aliphatic heterocycles. The molecule has 0 aliphatic carbocycles. The molecule has 0 saturated carbocycles. The van der Waals surface area contributed by atoms with Crippen LogP contribution in [0.4, 0.5) is 5.69 Å². The lowest BCUT2D eigenvalue weighted by atomic mass is 10.2. The molecule has 2 N–H and O–H groups in total. The summed E-state index contributed by atoms with van der Waals surface area (Å²) in [5.41, 5.74) is 0.987. The summed E-state index contributed by atoms with van der Waals surface area (Å²) in [7, 11) is 0. The third-order valence-electron chi connectivity index (χ3n) is 2.58. The Hall–Kier alpha value is -0.440. The molecule has 0 bridgehead atoms. The monoisotopic (exact) mass is 244 g/mol. The quantitative estimate of drug-likeness (QED) is 0.854. The van der Waals surface area contributed by atoms with E-state index in [2.05, 4.69) is 10.6 Å². The Morgan fingerprint density at radius 1 is 1.27 bits per heavy atom. The van der Waals surface area contributed by atoms with E-state index in [1.54, 1.807) is 6.07 Å². The molecule has 1 saturated heterocycles. The highest BCUT2D eigenvalue weighted by Gasteiger charge is 2.13. The molecule has 82 valence electrons. The second-order valence-electron chi connectivity index (χ2n) is 3.83. The standard InChI is InChI=1S/C11H14Cl2N2/c12-8-4-9(13)6-11(5-8)15-7-10-2-1-3-14-10/h4-6,10,14-15H,1-3,7H2/t10-/m0/s1. The Morgan fingerprint density at radius 3 is 2.60 bits per heavy atom. The SMILES string of the molecule is Clc1cc(Cl)cc(NC[C@@H]2CCCN2)c1. The number of anilines is 1. The summed E-state index contributed by atoms with van der Waals surface area (Å²) in [4.78, 5) is 0. The van der Waals surface area contributed by atoms with Crippen molar-refractivity contribution >= 4 is 28.9 Å². The van der Waals surface area contributed by atoms with E-state index in [-0.39, 0.29) is 0 Å². The molecule has 2 nitrogen and oxygen atoms in total. The average Bonchev–Trinajstić information content (AvgIpc) is 2.65. The lowest BCUT2D eigenvalue weighted by molar-refractivity contribution is 0.633. The smallest absolute Gasteiger partial charge is 0.0441 e. The average molecular weight is 245 g/mol. The van der Waals surface area contributed by atoms with Crippen LogP contribution in [0.25, 0.3) is 0 Å². The van der Waals surface area contributed by atoms with Gasteiger partial charge < -0.3 is 10.6 Å². The molecule has 15 heavy (non-hydrogen) atoms. The van der Waals surface area contributed by atoms with Crippen LogP contribution in [0.5, 0.6) is 0 Å². The Bertz CT molecular complexity index is 315. The van der Waals surface area contributed by atoms with Crippen LogP contribution in [0.15, 0.2) is 18.2 Å². The van der Waals surface area contributed by atoms with Crippen molar-refractivity contribution in [1.82, 2.24) is 5.32 Å². The van der Waals surface area contributed by atoms with E-state index < -0.39 is 0 Å². The molecule has 0 aromatic heterocycles. The number of halogens is 2. The molecular weight excluding hydrogens is 231 g/mol. The van der Waals surface area contributed by atoms with Crippen molar-refractivity contribution in [2.24, 2.45) is 0 Å². The molecule has 2 rings (SSSR count). The lowest BCUT2D eigenvalue weighted by Crippen LogP contribution is -2.29. The molecule has 0 spiro atoms. The number of benzene rings is 1. The Morgan fingerprint density at radius 2 is 2.00 bits per heavy atom. The van der Waals surface area contributed by atoms with Gasteiger partial charge in [-0.1, -0.05) is 23.2 Å². The van der Waals surface area contributed by atoms with Crippen molar-refractivity contribution in [2.45, 2.75) is 18.9 Å². The summed E-state index contributed by atoms with van der Waals surface area (Å²) in [5.74, 6) is 0. The molecule has 1 aromatic carbocycles. The van der Waals surface area contributed by atoms with E-state index in [1.165, 1.54) is 12.8 Å². The maximum Gasteiger partial charge on any atom is 0.0441 e. The van der Waals surface area contributed by atoms with Crippen LogP contribution in [-0.2, 0) is 0 Å². The fourth-order valence-electron chi connectivity index (χ4n) is 1.83. The number of hydrogen-bond donors (Lipinski definition) is 2. The van der Waals surface area contributed by atoms with E-state index in [9.17, 15) is 0 Å². The summed E-state index contributed by atoms with van der Waals surface area (Å²) in [5, 5.41) is 8.11. The summed E-state index contributed by atoms with van der Waals surface area (Å²) in [6.45, 7) is 2.05. The topological polar surface area (TPSA) is 24.1 Å². The first-order chi connectivity index (χ1) is 7.24. The van der Waals surface area contributed by atoms with Crippen LogP contribution >= 0.6 is 23.2 Å². The van der Waals surface area contributed by atoms with Gasteiger partial charge in [0, 0.05) is 28.3 Å².